The Balaban J connectivity index is 2.26. The molecule has 0 fully saturated rings. The number of aliphatic carboxylic acids is 1. The molecular weight excluding hydrogens is 214 g/mol. The predicted molar refractivity (Wildman–Crippen MR) is 66.9 cm³/mol. The van der Waals surface area contributed by atoms with Crippen molar-refractivity contribution in [3.05, 3.63) is 35.4 Å². The number of hydrogen-bond acceptors (Lipinski definition) is 2. The fourth-order valence-electron chi connectivity index (χ4n) is 2.55. The maximum absolute atomic E-state index is 11.3. The minimum Gasteiger partial charge on any atom is -0.481 e. The van der Waals surface area contributed by atoms with Crippen molar-refractivity contribution in [1.29, 1.82) is 0 Å². The molecule has 17 heavy (non-hydrogen) atoms. The fraction of sp³-hybridized carbons (Fsp3) is 0.500. The lowest BCUT2D eigenvalue weighted by atomic mass is 9.89. The molecule has 1 aliphatic rings. The smallest absolute Gasteiger partial charge is 0.312 e. The molecule has 0 aliphatic carbocycles. The molecule has 1 aromatic rings. The number of carboxylic acids is 1. The highest BCUT2D eigenvalue weighted by Gasteiger charge is 2.29. The van der Waals surface area contributed by atoms with Gasteiger partial charge in [0.15, 0.2) is 0 Å². The monoisotopic (exact) mass is 233 g/mol. The van der Waals surface area contributed by atoms with Crippen molar-refractivity contribution < 1.29 is 9.90 Å². The van der Waals surface area contributed by atoms with Gasteiger partial charge in [0.2, 0.25) is 0 Å². The summed E-state index contributed by atoms with van der Waals surface area (Å²) in [7, 11) is 0. The van der Waals surface area contributed by atoms with E-state index in [-0.39, 0.29) is 5.92 Å². The fourth-order valence-corrected chi connectivity index (χ4v) is 2.55. The Morgan fingerprint density at radius 2 is 2.18 bits per heavy atom. The van der Waals surface area contributed by atoms with Gasteiger partial charge in [0.1, 0.15) is 0 Å². The predicted octanol–water partition coefficient (Wildman–Crippen LogP) is 2.33. The lowest BCUT2D eigenvalue weighted by Gasteiger charge is -2.33. The minimum atomic E-state index is -0.717. The molecule has 92 valence electrons. The van der Waals surface area contributed by atoms with Gasteiger partial charge in [0.25, 0.3) is 0 Å². The average Bonchev–Trinajstić information content (AvgIpc) is 2.27. The first-order valence-corrected chi connectivity index (χ1v) is 6.11. The van der Waals surface area contributed by atoms with E-state index in [1.165, 1.54) is 0 Å². The molecule has 3 nitrogen and oxygen atoms in total. The SMILES string of the molecule is CC(C)CN1Cc2ccccc2C(C(=O)O)C1. The van der Waals surface area contributed by atoms with Crippen LogP contribution >= 0.6 is 0 Å². The van der Waals surface area contributed by atoms with Crippen molar-refractivity contribution in [3.8, 4) is 0 Å². The first-order valence-electron chi connectivity index (χ1n) is 6.11. The summed E-state index contributed by atoms with van der Waals surface area (Å²) in [6.45, 7) is 6.79. The number of benzene rings is 1. The molecule has 0 amide bonds. The molecule has 0 spiro atoms. The van der Waals surface area contributed by atoms with Crippen molar-refractivity contribution in [2.24, 2.45) is 5.92 Å². The van der Waals surface area contributed by atoms with Crippen LogP contribution in [0.2, 0.25) is 0 Å². The van der Waals surface area contributed by atoms with E-state index in [0.717, 1.165) is 24.2 Å². The molecule has 1 atom stereocenters. The second-order valence-corrected chi connectivity index (χ2v) is 5.18. The van der Waals surface area contributed by atoms with E-state index in [2.05, 4.69) is 18.7 Å². The van der Waals surface area contributed by atoms with Gasteiger partial charge in [-0.3, -0.25) is 9.69 Å². The third kappa shape index (κ3) is 2.67. The number of carboxylic acid groups (broad SMARTS) is 1. The Kier molecular flexibility index (Phi) is 3.48. The van der Waals surface area contributed by atoms with Crippen LogP contribution in [-0.4, -0.2) is 29.1 Å². The molecule has 0 aromatic heterocycles. The van der Waals surface area contributed by atoms with E-state index >= 15 is 0 Å². The molecule has 0 saturated heterocycles. The van der Waals surface area contributed by atoms with E-state index in [9.17, 15) is 9.90 Å². The van der Waals surface area contributed by atoms with Gasteiger partial charge >= 0.3 is 5.97 Å². The van der Waals surface area contributed by atoms with Gasteiger partial charge in [-0.1, -0.05) is 38.1 Å². The van der Waals surface area contributed by atoms with Gasteiger partial charge in [-0.25, -0.2) is 0 Å². The molecular formula is C14H19NO2. The Hall–Kier alpha value is -1.35. The maximum Gasteiger partial charge on any atom is 0.312 e. The lowest BCUT2D eigenvalue weighted by molar-refractivity contribution is -0.139. The molecule has 1 N–H and O–H groups in total. The quantitative estimate of drug-likeness (QED) is 0.871. The zero-order valence-corrected chi connectivity index (χ0v) is 10.4. The summed E-state index contributed by atoms with van der Waals surface area (Å²) in [5.41, 5.74) is 2.15. The summed E-state index contributed by atoms with van der Waals surface area (Å²) < 4.78 is 0. The largest absolute Gasteiger partial charge is 0.481 e. The van der Waals surface area contributed by atoms with Gasteiger partial charge in [-0.2, -0.15) is 0 Å². The van der Waals surface area contributed by atoms with Gasteiger partial charge in [0.05, 0.1) is 5.92 Å². The molecule has 1 aliphatic heterocycles. The first kappa shape index (κ1) is 12.1. The number of hydrogen-bond donors (Lipinski definition) is 1. The average molecular weight is 233 g/mol. The van der Waals surface area contributed by atoms with Crippen LogP contribution < -0.4 is 0 Å². The normalized spacial score (nSPS) is 20.3. The van der Waals surface area contributed by atoms with Gasteiger partial charge in [0, 0.05) is 19.6 Å². The van der Waals surface area contributed by atoms with Gasteiger partial charge in [-0.05, 0) is 17.0 Å². The summed E-state index contributed by atoms with van der Waals surface area (Å²) >= 11 is 0. The molecule has 1 heterocycles. The highest BCUT2D eigenvalue weighted by molar-refractivity contribution is 5.77. The molecule has 1 unspecified atom stereocenters. The van der Waals surface area contributed by atoms with Crippen molar-refractivity contribution in [2.45, 2.75) is 26.3 Å². The zero-order chi connectivity index (χ0) is 12.4. The Morgan fingerprint density at radius 3 is 2.82 bits per heavy atom. The second-order valence-electron chi connectivity index (χ2n) is 5.18. The number of rotatable bonds is 3. The van der Waals surface area contributed by atoms with Gasteiger partial charge < -0.3 is 5.11 Å². The Morgan fingerprint density at radius 1 is 1.47 bits per heavy atom. The first-order chi connectivity index (χ1) is 8.08. The van der Waals surface area contributed by atoms with Crippen LogP contribution in [0.4, 0.5) is 0 Å². The molecule has 2 rings (SSSR count). The second kappa shape index (κ2) is 4.88. The van der Waals surface area contributed by atoms with E-state index in [1.54, 1.807) is 0 Å². The maximum atomic E-state index is 11.3. The van der Waals surface area contributed by atoms with E-state index in [0.29, 0.717) is 12.5 Å². The van der Waals surface area contributed by atoms with Crippen LogP contribution in [-0.2, 0) is 11.3 Å². The number of nitrogens with zero attached hydrogens (tertiary/aromatic N) is 1. The van der Waals surface area contributed by atoms with Crippen molar-refractivity contribution >= 4 is 5.97 Å². The van der Waals surface area contributed by atoms with Crippen molar-refractivity contribution in [1.82, 2.24) is 4.90 Å². The molecule has 1 aromatic carbocycles. The highest BCUT2D eigenvalue weighted by atomic mass is 16.4. The Labute approximate surface area is 102 Å². The van der Waals surface area contributed by atoms with Crippen LogP contribution in [0.1, 0.15) is 30.9 Å². The third-order valence-electron chi connectivity index (χ3n) is 3.19. The molecule has 3 heteroatoms. The van der Waals surface area contributed by atoms with Crippen LogP contribution in [0, 0.1) is 5.92 Å². The summed E-state index contributed by atoms with van der Waals surface area (Å²) in [4.78, 5) is 13.6. The van der Waals surface area contributed by atoms with E-state index < -0.39 is 5.97 Å². The van der Waals surface area contributed by atoms with Crippen molar-refractivity contribution in [2.75, 3.05) is 13.1 Å². The van der Waals surface area contributed by atoms with Crippen LogP contribution in [0.15, 0.2) is 24.3 Å². The van der Waals surface area contributed by atoms with Crippen LogP contribution in [0.5, 0.6) is 0 Å². The van der Waals surface area contributed by atoms with E-state index in [4.69, 9.17) is 0 Å². The van der Waals surface area contributed by atoms with Crippen molar-refractivity contribution in [3.63, 3.8) is 0 Å². The van der Waals surface area contributed by atoms with Crippen LogP contribution in [0.3, 0.4) is 0 Å². The van der Waals surface area contributed by atoms with Gasteiger partial charge in [-0.15, -0.1) is 0 Å². The number of fused-ring (bicyclic) bond motifs is 1. The summed E-state index contributed by atoms with van der Waals surface area (Å²) in [6, 6.07) is 7.89. The minimum absolute atomic E-state index is 0.376. The zero-order valence-electron chi connectivity index (χ0n) is 10.4. The molecule has 0 radical (unpaired) electrons. The third-order valence-corrected chi connectivity index (χ3v) is 3.19. The molecule has 0 bridgehead atoms. The molecule has 0 saturated carbocycles. The topological polar surface area (TPSA) is 40.5 Å². The van der Waals surface area contributed by atoms with E-state index in [1.807, 2.05) is 24.3 Å². The Bertz CT molecular complexity index is 414. The number of carbonyl (C=O) groups is 1. The lowest BCUT2D eigenvalue weighted by Crippen LogP contribution is -2.38. The summed E-state index contributed by atoms with van der Waals surface area (Å²) in [5.74, 6) is -0.528. The van der Waals surface area contributed by atoms with Crippen LogP contribution in [0.25, 0.3) is 0 Å². The summed E-state index contributed by atoms with van der Waals surface area (Å²) in [6.07, 6.45) is 0. The standard InChI is InChI=1S/C14H19NO2/c1-10(2)7-15-8-11-5-3-4-6-12(11)13(9-15)14(16)17/h3-6,10,13H,7-9H2,1-2H3,(H,16,17). The summed E-state index contributed by atoms with van der Waals surface area (Å²) in [5, 5.41) is 9.31. The highest BCUT2D eigenvalue weighted by Crippen LogP contribution is 2.28.